The summed E-state index contributed by atoms with van der Waals surface area (Å²) in [5, 5.41) is 10.1. The van der Waals surface area contributed by atoms with Crippen LogP contribution in [0.2, 0.25) is 0 Å². The van der Waals surface area contributed by atoms with Crippen molar-refractivity contribution in [2.24, 2.45) is 0 Å². The van der Waals surface area contributed by atoms with Gasteiger partial charge in [0.1, 0.15) is 5.69 Å². The molecule has 0 aliphatic heterocycles. The van der Waals surface area contributed by atoms with Gasteiger partial charge in [0.2, 0.25) is 0 Å². The largest absolute Gasteiger partial charge is 0.354 e. The topological polar surface area (TPSA) is 49.7 Å². The van der Waals surface area contributed by atoms with Gasteiger partial charge >= 0.3 is 0 Å². The third-order valence-electron chi connectivity index (χ3n) is 2.84. The molecule has 0 bridgehead atoms. The van der Waals surface area contributed by atoms with Crippen LogP contribution in [0.3, 0.4) is 0 Å². The molecule has 1 atom stereocenters. The van der Waals surface area contributed by atoms with Crippen LogP contribution in [0.1, 0.15) is 26.3 Å². The lowest BCUT2D eigenvalue weighted by atomic mass is 10.2. The molecule has 18 heavy (non-hydrogen) atoms. The molecule has 1 unspecified atom stereocenters. The number of anilines is 1. The van der Waals surface area contributed by atoms with Crippen LogP contribution < -0.4 is 4.90 Å². The highest BCUT2D eigenvalue weighted by atomic mass is 32.1. The first-order valence-corrected chi connectivity index (χ1v) is 7.13. The fraction of sp³-hybridized carbons (Fsp3) is 0.545. The first-order chi connectivity index (χ1) is 8.54. The van der Waals surface area contributed by atoms with Gasteiger partial charge in [0.25, 0.3) is 0 Å². The van der Waals surface area contributed by atoms with Gasteiger partial charge in [0, 0.05) is 25.5 Å². The van der Waals surface area contributed by atoms with Crippen molar-refractivity contribution in [3.63, 3.8) is 0 Å². The minimum Gasteiger partial charge on any atom is -0.354 e. The molecule has 5 nitrogen and oxygen atoms in total. The molecule has 1 N–H and O–H groups in total. The minimum atomic E-state index is 0.316. The van der Waals surface area contributed by atoms with Gasteiger partial charge in [0.05, 0.1) is 0 Å². The van der Waals surface area contributed by atoms with E-state index >= 15 is 0 Å². The summed E-state index contributed by atoms with van der Waals surface area (Å²) in [5.74, 6) is 0.818. The van der Waals surface area contributed by atoms with E-state index in [1.54, 1.807) is 11.3 Å². The number of hydrogen-bond acceptors (Lipinski definition) is 5. The number of aromatic nitrogens is 4. The molecule has 0 radical (unpaired) electrons. The smallest absolute Gasteiger partial charge is 0.195 e. The molecule has 2 rings (SSSR count). The number of aromatic amines is 1. The van der Waals surface area contributed by atoms with E-state index < -0.39 is 0 Å². The van der Waals surface area contributed by atoms with Crippen LogP contribution in [-0.4, -0.2) is 33.8 Å². The van der Waals surface area contributed by atoms with Crippen molar-refractivity contribution in [1.82, 2.24) is 19.7 Å². The van der Waals surface area contributed by atoms with E-state index in [-0.39, 0.29) is 0 Å². The maximum atomic E-state index is 5.28. The highest BCUT2D eigenvalue weighted by Crippen LogP contribution is 2.27. The second-order valence-electron chi connectivity index (χ2n) is 4.39. The third kappa shape index (κ3) is 2.32. The highest BCUT2D eigenvalue weighted by molar-refractivity contribution is 7.71. The Morgan fingerprint density at radius 3 is 2.83 bits per heavy atom. The van der Waals surface area contributed by atoms with Crippen LogP contribution in [-0.2, 0) is 0 Å². The monoisotopic (exact) mass is 283 g/mol. The molecule has 0 aromatic carbocycles. The molecule has 0 amide bonds. The van der Waals surface area contributed by atoms with Crippen molar-refractivity contribution in [2.45, 2.75) is 26.3 Å². The van der Waals surface area contributed by atoms with Crippen LogP contribution in [0.15, 0.2) is 5.38 Å². The molecular formula is C11H17N5S2. The predicted octanol–water partition coefficient (Wildman–Crippen LogP) is 3.10. The van der Waals surface area contributed by atoms with Crippen molar-refractivity contribution in [3.05, 3.63) is 10.2 Å². The molecule has 0 aliphatic rings. The molecule has 0 saturated carbocycles. The minimum absolute atomic E-state index is 0.316. The van der Waals surface area contributed by atoms with Gasteiger partial charge in [-0.05, 0) is 25.6 Å². The zero-order valence-corrected chi connectivity index (χ0v) is 12.6. The molecular weight excluding hydrogens is 266 g/mol. The van der Waals surface area contributed by atoms with Crippen molar-refractivity contribution < 1.29 is 0 Å². The van der Waals surface area contributed by atoms with Crippen LogP contribution in [0.25, 0.3) is 11.5 Å². The molecule has 0 saturated heterocycles. The van der Waals surface area contributed by atoms with Gasteiger partial charge in [-0.3, -0.25) is 9.67 Å². The quantitative estimate of drug-likeness (QED) is 0.876. The van der Waals surface area contributed by atoms with E-state index in [0.717, 1.165) is 23.1 Å². The summed E-state index contributed by atoms with van der Waals surface area (Å²) in [6.45, 7) is 4.27. The molecule has 2 aromatic rings. The number of nitrogens with one attached hydrogen (secondary N) is 1. The van der Waals surface area contributed by atoms with E-state index in [2.05, 4.69) is 29.0 Å². The number of hydrogen-bond donors (Lipinski definition) is 1. The summed E-state index contributed by atoms with van der Waals surface area (Å²) < 4.78 is 2.68. The number of H-pyrrole nitrogens is 1. The van der Waals surface area contributed by atoms with Crippen molar-refractivity contribution in [1.29, 1.82) is 0 Å². The van der Waals surface area contributed by atoms with Crippen molar-refractivity contribution in [2.75, 3.05) is 19.0 Å². The van der Waals surface area contributed by atoms with Crippen LogP contribution in [0.5, 0.6) is 0 Å². The fourth-order valence-corrected chi connectivity index (χ4v) is 2.70. The Hall–Kier alpha value is -1.21. The average molecular weight is 283 g/mol. The van der Waals surface area contributed by atoms with Gasteiger partial charge in [-0.1, -0.05) is 6.92 Å². The second-order valence-corrected chi connectivity index (χ2v) is 5.61. The predicted molar refractivity (Wildman–Crippen MR) is 77.8 cm³/mol. The summed E-state index contributed by atoms with van der Waals surface area (Å²) in [5.41, 5.74) is 0.872. The van der Waals surface area contributed by atoms with Crippen molar-refractivity contribution >= 4 is 28.7 Å². The van der Waals surface area contributed by atoms with Gasteiger partial charge < -0.3 is 4.90 Å². The Morgan fingerprint density at radius 2 is 2.28 bits per heavy atom. The second kappa shape index (κ2) is 5.19. The summed E-state index contributed by atoms with van der Waals surface area (Å²) in [6, 6.07) is 0.316. The average Bonchev–Trinajstić information content (AvgIpc) is 2.94. The maximum absolute atomic E-state index is 5.28. The maximum Gasteiger partial charge on any atom is 0.195 e. The zero-order chi connectivity index (χ0) is 13.3. The van der Waals surface area contributed by atoms with Gasteiger partial charge in [-0.25, -0.2) is 4.98 Å². The number of thiazole rings is 1. The number of rotatable bonds is 4. The lowest BCUT2D eigenvalue weighted by Crippen LogP contribution is -2.09. The van der Waals surface area contributed by atoms with Gasteiger partial charge in [-0.2, -0.15) is 5.10 Å². The SMILES string of the molecule is CCC(C)n1c(-c2csc(N(C)C)n2)n[nH]c1=S. The Morgan fingerprint density at radius 1 is 1.56 bits per heavy atom. The summed E-state index contributed by atoms with van der Waals surface area (Å²) in [7, 11) is 3.96. The van der Waals surface area contributed by atoms with Crippen LogP contribution >= 0.6 is 23.6 Å². The molecule has 2 heterocycles. The first-order valence-electron chi connectivity index (χ1n) is 5.84. The molecule has 7 heteroatoms. The Balaban J connectivity index is 2.47. The van der Waals surface area contributed by atoms with Crippen LogP contribution in [0, 0.1) is 4.77 Å². The van der Waals surface area contributed by atoms with E-state index in [1.807, 2.05) is 28.9 Å². The molecule has 98 valence electrons. The summed E-state index contributed by atoms with van der Waals surface area (Å²) in [4.78, 5) is 6.55. The zero-order valence-electron chi connectivity index (χ0n) is 11.0. The number of nitrogens with zero attached hydrogens (tertiary/aromatic N) is 4. The standard InChI is InChI=1S/C11H17N5S2/c1-5-7(2)16-9(13-14-10(16)17)8-6-18-11(12-8)15(3)4/h6-7H,5H2,1-4H3,(H,14,17). The van der Waals surface area contributed by atoms with Gasteiger partial charge in [0.15, 0.2) is 15.7 Å². The molecule has 0 aliphatic carbocycles. The Bertz CT molecular complexity index is 580. The third-order valence-corrected chi connectivity index (χ3v) is 4.14. The highest BCUT2D eigenvalue weighted by Gasteiger charge is 2.16. The van der Waals surface area contributed by atoms with Crippen molar-refractivity contribution in [3.8, 4) is 11.5 Å². The Kier molecular flexibility index (Phi) is 3.82. The fourth-order valence-electron chi connectivity index (χ4n) is 1.65. The Labute approximate surface area is 115 Å². The van der Waals surface area contributed by atoms with E-state index in [4.69, 9.17) is 12.2 Å². The summed E-state index contributed by atoms with van der Waals surface area (Å²) in [6.07, 6.45) is 1.01. The summed E-state index contributed by atoms with van der Waals surface area (Å²) >= 11 is 6.89. The van der Waals surface area contributed by atoms with E-state index in [9.17, 15) is 0 Å². The normalized spacial score (nSPS) is 12.7. The van der Waals surface area contributed by atoms with Crippen LogP contribution in [0.4, 0.5) is 5.13 Å². The molecule has 2 aromatic heterocycles. The molecule has 0 spiro atoms. The molecule has 0 fully saturated rings. The van der Waals surface area contributed by atoms with Gasteiger partial charge in [-0.15, -0.1) is 11.3 Å². The van der Waals surface area contributed by atoms with E-state index in [0.29, 0.717) is 10.8 Å². The first kappa shape index (κ1) is 13.2. The lowest BCUT2D eigenvalue weighted by Gasteiger charge is -2.12. The van der Waals surface area contributed by atoms with E-state index in [1.165, 1.54) is 0 Å². The lowest BCUT2D eigenvalue weighted by molar-refractivity contribution is 0.528.